The van der Waals surface area contributed by atoms with Crippen molar-refractivity contribution in [3.63, 3.8) is 0 Å². The number of hydrogen-bond acceptors (Lipinski definition) is 3. The van der Waals surface area contributed by atoms with Gasteiger partial charge in [-0.3, -0.25) is 4.57 Å². The van der Waals surface area contributed by atoms with Crippen LogP contribution in [0.25, 0.3) is 83.6 Å². The third kappa shape index (κ3) is 5.33. The van der Waals surface area contributed by atoms with Crippen molar-refractivity contribution in [3.8, 4) is 61.8 Å². The lowest BCUT2D eigenvalue weighted by Crippen LogP contribution is -2.21. The highest BCUT2D eigenvalue weighted by Crippen LogP contribution is 2.55. The highest BCUT2D eigenvalue weighted by Gasteiger charge is 2.42. The summed E-state index contributed by atoms with van der Waals surface area (Å²) in [7, 11) is -3.26. The molecule has 10 aromatic rings. The van der Waals surface area contributed by atoms with E-state index in [1.165, 1.54) is 11.1 Å². The summed E-state index contributed by atoms with van der Waals surface area (Å²) in [5.41, 5.74) is 12.1. The van der Waals surface area contributed by atoms with Crippen LogP contribution in [0, 0.1) is 0 Å². The van der Waals surface area contributed by atoms with Crippen LogP contribution in [0.4, 0.5) is 0 Å². The molecule has 0 saturated heterocycles. The third-order valence-electron chi connectivity index (χ3n) is 11.3. The number of fused-ring (bicyclic) bond motifs is 7. The smallest absolute Gasteiger partial charge is 0.235 e. The van der Waals surface area contributed by atoms with Gasteiger partial charge >= 0.3 is 0 Å². The van der Waals surface area contributed by atoms with Crippen LogP contribution >= 0.6 is 7.14 Å². The van der Waals surface area contributed by atoms with Crippen LogP contribution in [-0.4, -0.2) is 14.5 Å². The van der Waals surface area contributed by atoms with Gasteiger partial charge in [0.05, 0.1) is 22.4 Å². The molecule has 1 atom stereocenters. The van der Waals surface area contributed by atoms with Gasteiger partial charge in [-0.05, 0) is 51.6 Å². The van der Waals surface area contributed by atoms with Gasteiger partial charge in [0, 0.05) is 37.8 Å². The van der Waals surface area contributed by atoms with E-state index in [1.54, 1.807) is 0 Å². The average molecular weight is 748 g/mol. The zero-order valence-electron chi connectivity index (χ0n) is 30.8. The quantitative estimate of drug-likeness (QED) is 0.159. The molecule has 57 heavy (non-hydrogen) atoms. The van der Waals surface area contributed by atoms with E-state index in [0.29, 0.717) is 5.95 Å². The van der Waals surface area contributed by atoms with E-state index in [0.717, 1.165) is 82.5 Å². The summed E-state index contributed by atoms with van der Waals surface area (Å²) >= 11 is 0. The number of benzene rings is 8. The molecule has 0 spiro atoms. The maximum absolute atomic E-state index is 16.0. The molecule has 2 aromatic heterocycles. The number of rotatable bonds is 6. The molecule has 268 valence electrons. The second-order valence-corrected chi connectivity index (χ2v) is 17.2. The Labute approximate surface area is 330 Å². The van der Waals surface area contributed by atoms with Gasteiger partial charge in [-0.2, -0.15) is 0 Å². The van der Waals surface area contributed by atoms with Gasteiger partial charge in [0.1, 0.15) is 0 Å². The van der Waals surface area contributed by atoms with Gasteiger partial charge in [-0.25, -0.2) is 9.97 Å². The van der Waals surface area contributed by atoms with Crippen molar-refractivity contribution >= 4 is 44.9 Å². The minimum atomic E-state index is -3.26. The van der Waals surface area contributed by atoms with E-state index in [9.17, 15) is 0 Å². The molecule has 11 rings (SSSR count). The molecule has 1 aliphatic rings. The van der Waals surface area contributed by atoms with E-state index in [4.69, 9.17) is 9.97 Å². The number of aromatic nitrogens is 3. The van der Waals surface area contributed by atoms with Crippen molar-refractivity contribution in [2.45, 2.75) is 0 Å². The minimum Gasteiger partial charge on any atom is -0.309 e. The fourth-order valence-corrected chi connectivity index (χ4v) is 11.8. The van der Waals surface area contributed by atoms with Crippen LogP contribution in [0.2, 0.25) is 0 Å². The maximum atomic E-state index is 16.0. The van der Waals surface area contributed by atoms with Gasteiger partial charge in [0.2, 0.25) is 5.95 Å². The van der Waals surface area contributed by atoms with E-state index < -0.39 is 7.14 Å². The van der Waals surface area contributed by atoms with Crippen molar-refractivity contribution in [3.05, 3.63) is 206 Å². The first-order chi connectivity index (χ1) is 28.1. The first-order valence-electron chi connectivity index (χ1n) is 19.2. The molecule has 0 fully saturated rings. The van der Waals surface area contributed by atoms with Gasteiger partial charge < -0.3 is 4.57 Å². The second-order valence-electron chi connectivity index (χ2n) is 14.5. The maximum Gasteiger partial charge on any atom is 0.235 e. The molecule has 0 bridgehead atoms. The molecule has 3 heterocycles. The molecular weight excluding hydrogens is 714 g/mol. The van der Waals surface area contributed by atoms with Crippen molar-refractivity contribution in [1.82, 2.24) is 14.5 Å². The Morgan fingerprint density at radius 2 is 0.895 bits per heavy atom. The standard InChI is InChI=1S/C52H34N3OP/c56-57(41-18-8-3-9-19-41)49-23-13-11-20-42(49)43-32-33-48-50(51(43)57)44-21-10-12-22-47(44)55(48)52-53-45(39-28-24-37(25-29-39)35-14-4-1-5-15-35)34-46(54-52)40-30-26-38(27-31-40)36-16-6-2-7-17-36/h1-34H. The Kier molecular flexibility index (Phi) is 7.73. The summed E-state index contributed by atoms with van der Waals surface area (Å²) in [6.45, 7) is 0. The molecule has 0 amide bonds. The first kappa shape index (κ1) is 33.2. The minimum absolute atomic E-state index is 0.554. The number of para-hydroxylation sites is 1. The van der Waals surface area contributed by atoms with Crippen molar-refractivity contribution in [2.24, 2.45) is 0 Å². The van der Waals surface area contributed by atoms with Gasteiger partial charge in [-0.15, -0.1) is 0 Å². The molecule has 1 aliphatic heterocycles. The summed E-state index contributed by atoms with van der Waals surface area (Å²) in [6.07, 6.45) is 0. The molecule has 0 radical (unpaired) electrons. The molecule has 4 nitrogen and oxygen atoms in total. The second kappa shape index (κ2) is 13.3. The fourth-order valence-electron chi connectivity index (χ4n) is 8.56. The SMILES string of the molecule is O=P1(c2ccccc2)c2ccccc2-c2ccc3c(c21)c1ccccc1n3-c1nc(-c2ccc(-c3ccccc3)cc2)cc(-c2ccc(-c3ccccc3)cc2)n1. The van der Waals surface area contributed by atoms with Crippen LogP contribution in [0.15, 0.2) is 206 Å². The Hall–Kier alpha value is -7.13. The Bertz CT molecular complexity index is 3070. The van der Waals surface area contributed by atoms with Crippen LogP contribution in [0.5, 0.6) is 0 Å². The highest BCUT2D eigenvalue weighted by molar-refractivity contribution is 7.86. The van der Waals surface area contributed by atoms with Crippen molar-refractivity contribution in [1.29, 1.82) is 0 Å². The Morgan fingerprint density at radius 1 is 0.404 bits per heavy atom. The topological polar surface area (TPSA) is 47.8 Å². The molecule has 0 aliphatic carbocycles. The third-order valence-corrected chi connectivity index (χ3v) is 14.5. The van der Waals surface area contributed by atoms with Crippen LogP contribution < -0.4 is 15.9 Å². The van der Waals surface area contributed by atoms with Crippen molar-refractivity contribution < 1.29 is 4.57 Å². The zero-order chi connectivity index (χ0) is 37.9. The lowest BCUT2D eigenvalue weighted by Gasteiger charge is -2.17. The van der Waals surface area contributed by atoms with Crippen LogP contribution in [-0.2, 0) is 4.57 Å². The summed E-state index contributed by atoms with van der Waals surface area (Å²) < 4.78 is 18.1. The largest absolute Gasteiger partial charge is 0.309 e. The van der Waals surface area contributed by atoms with Crippen LogP contribution in [0.3, 0.4) is 0 Å². The average Bonchev–Trinajstić information content (AvgIpc) is 3.77. The molecular formula is C52H34N3OP. The normalized spacial score (nSPS) is 14.5. The summed E-state index contributed by atoms with van der Waals surface area (Å²) in [6, 6.07) is 71.0. The molecule has 0 saturated carbocycles. The first-order valence-corrected chi connectivity index (χ1v) is 20.9. The Morgan fingerprint density at radius 3 is 1.51 bits per heavy atom. The zero-order valence-corrected chi connectivity index (χ0v) is 31.7. The predicted molar refractivity (Wildman–Crippen MR) is 237 cm³/mol. The highest BCUT2D eigenvalue weighted by atomic mass is 31.2. The Balaban J connectivity index is 1.15. The lowest BCUT2D eigenvalue weighted by atomic mass is 10.0. The van der Waals surface area contributed by atoms with E-state index in [2.05, 4.69) is 150 Å². The van der Waals surface area contributed by atoms with Crippen LogP contribution in [0.1, 0.15) is 0 Å². The fraction of sp³-hybridized carbons (Fsp3) is 0. The molecule has 0 N–H and O–H groups in total. The lowest BCUT2D eigenvalue weighted by molar-refractivity contribution is 0.593. The predicted octanol–water partition coefficient (Wildman–Crippen LogP) is 11.9. The number of nitrogens with zero attached hydrogens (tertiary/aromatic N) is 3. The van der Waals surface area contributed by atoms with E-state index in [-0.39, 0.29) is 0 Å². The van der Waals surface area contributed by atoms with Gasteiger partial charge in [0.15, 0.2) is 7.14 Å². The van der Waals surface area contributed by atoms with E-state index >= 15 is 4.57 Å². The summed E-state index contributed by atoms with van der Waals surface area (Å²) in [5, 5.41) is 4.59. The molecule has 8 aromatic carbocycles. The number of hydrogen-bond donors (Lipinski definition) is 0. The molecule has 5 heteroatoms. The van der Waals surface area contributed by atoms with Gasteiger partial charge in [-0.1, -0.05) is 188 Å². The van der Waals surface area contributed by atoms with E-state index in [1.807, 2.05) is 60.7 Å². The van der Waals surface area contributed by atoms with Gasteiger partial charge in [0.25, 0.3) is 0 Å². The monoisotopic (exact) mass is 747 g/mol. The molecule has 1 unspecified atom stereocenters. The summed E-state index contributed by atoms with van der Waals surface area (Å²) in [4.78, 5) is 10.7. The summed E-state index contributed by atoms with van der Waals surface area (Å²) in [5.74, 6) is 0.554. The van der Waals surface area contributed by atoms with Crippen molar-refractivity contribution in [2.75, 3.05) is 0 Å².